The molecule has 27 heavy (non-hydrogen) atoms. The van der Waals surface area contributed by atoms with Gasteiger partial charge in [-0.1, -0.05) is 11.6 Å². The number of hydrogen-bond donors (Lipinski definition) is 1. The maximum Gasteiger partial charge on any atom is 0.293 e. The second-order valence-corrected chi connectivity index (χ2v) is 6.96. The van der Waals surface area contributed by atoms with E-state index < -0.39 is 4.92 Å². The Kier molecular flexibility index (Phi) is 5.51. The molecule has 1 saturated carbocycles. The van der Waals surface area contributed by atoms with E-state index in [4.69, 9.17) is 16.3 Å². The molecular formula is C19H20ClN3O4. The van der Waals surface area contributed by atoms with Gasteiger partial charge in [0.05, 0.1) is 12.0 Å². The van der Waals surface area contributed by atoms with Crippen LogP contribution in [0, 0.1) is 10.1 Å². The Hall–Kier alpha value is -2.80. The molecule has 0 aliphatic heterocycles. The highest BCUT2D eigenvalue weighted by atomic mass is 35.5. The number of ether oxygens (including phenoxy) is 1. The molecule has 8 heteroatoms. The summed E-state index contributed by atoms with van der Waals surface area (Å²) < 4.78 is 5.30. The van der Waals surface area contributed by atoms with E-state index >= 15 is 0 Å². The minimum absolute atomic E-state index is 0.0958. The van der Waals surface area contributed by atoms with Gasteiger partial charge in [-0.15, -0.1) is 0 Å². The summed E-state index contributed by atoms with van der Waals surface area (Å²) in [5, 5.41) is 15.1. The van der Waals surface area contributed by atoms with Crippen molar-refractivity contribution in [2.45, 2.75) is 25.4 Å². The number of halogens is 1. The van der Waals surface area contributed by atoms with Crippen LogP contribution in [0.15, 0.2) is 36.4 Å². The number of nitrogens with zero attached hydrogens (tertiary/aromatic N) is 2. The van der Waals surface area contributed by atoms with Crippen molar-refractivity contribution in [3.8, 4) is 5.75 Å². The van der Waals surface area contributed by atoms with E-state index in [-0.39, 0.29) is 29.7 Å². The largest absolute Gasteiger partial charge is 0.496 e. The fraction of sp³-hybridized carbons (Fsp3) is 0.316. The fourth-order valence-electron chi connectivity index (χ4n) is 2.80. The summed E-state index contributed by atoms with van der Waals surface area (Å²) >= 11 is 6.03. The lowest BCUT2D eigenvalue weighted by atomic mass is 10.1. The molecule has 0 unspecified atom stereocenters. The molecule has 0 atom stereocenters. The minimum Gasteiger partial charge on any atom is -0.496 e. The van der Waals surface area contributed by atoms with Crippen LogP contribution in [0.25, 0.3) is 0 Å². The number of anilines is 1. The van der Waals surface area contributed by atoms with Gasteiger partial charge in [-0.25, -0.2) is 0 Å². The van der Waals surface area contributed by atoms with E-state index in [1.807, 2.05) is 0 Å². The van der Waals surface area contributed by atoms with Crippen molar-refractivity contribution in [3.63, 3.8) is 0 Å². The Labute approximate surface area is 162 Å². The number of nitrogens with one attached hydrogen (secondary N) is 1. The third-order valence-corrected chi connectivity index (χ3v) is 4.61. The summed E-state index contributed by atoms with van der Waals surface area (Å²) in [7, 11) is 3.17. The number of rotatable bonds is 7. The quantitative estimate of drug-likeness (QED) is 0.569. The second kappa shape index (κ2) is 7.84. The molecule has 0 aromatic heterocycles. The molecule has 0 bridgehead atoms. The van der Waals surface area contributed by atoms with Crippen LogP contribution in [-0.2, 0) is 6.54 Å². The van der Waals surface area contributed by atoms with Crippen LogP contribution >= 0.6 is 11.6 Å². The van der Waals surface area contributed by atoms with Crippen molar-refractivity contribution >= 4 is 28.9 Å². The predicted molar refractivity (Wildman–Crippen MR) is 104 cm³/mol. The zero-order valence-corrected chi connectivity index (χ0v) is 15.8. The number of hydrogen-bond acceptors (Lipinski definition) is 5. The first-order valence-electron chi connectivity index (χ1n) is 8.52. The number of nitro groups is 1. The van der Waals surface area contributed by atoms with Crippen molar-refractivity contribution in [3.05, 3.63) is 62.7 Å². The molecule has 1 aliphatic carbocycles. The number of amides is 1. The molecule has 2 aromatic carbocycles. The molecule has 142 valence electrons. The lowest BCUT2D eigenvalue weighted by Crippen LogP contribution is -2.26. The molecule has 0 radical (unpaired) electrons. The van der Waals surface area contributed by atoms with Crippen molar-refractivity contribution in [1.82, 2.24) is 4.90 Å². The fourth-order valence-corrected chi connectivity index (χ4v) is 3.00. The smallest absolute Gasteiger partial charge is 0.293 e. The third-order valence-electron chi connectivity index (χ3n) is 4.38. The molecule has 1 aliphatic rings. The molecule has 7 nitrogen and oxygen atoms in total. The van der Waals surface area contributed by atoms with Crippen molar-refractivity contribution in [2.75, 3.05) is 19.5 Å². The Morgan fingerprint density at radius 2 is 2.07 bits per heavy atom. The summed E-state index contributed by atoms with van der Waals surface area (Å²) in [5.74, 6) is 0.298. The van der Waals surface area contributed by atoms with Gasteiger partial charge in [0, 0.05) is 41.9 Å². The van der Waals surface area contributed by atoms with Crippen LogP contribution < -0.4 is 10.1 Å². The third kappa shape index (κ3) is 4.49. The van der Waals surface area contributed by atoms with Crippen molar-refractivity contribution in [1.29, 1.82) is 0 Å². The van der Waals surface area contributed by atoms with Crippen LogP contribution in [0.4, 0.5) is 11.4 Å². The normalized spacial score (nSPS) is 13.1. The van der Waals surface area contributed by atoms with Crippen molar-refractivity contribution in [2.24, 2.45) is 0 Å². The van der Waals surface area contributed by atoms with Gasteiger partial charge in [-0.05, 0) is 43.2 Å². The van der Waals surface area contributed by atoms with Gasteiger partial charge in [0.15, 0.2) is 0 Å². The predicted octanol–water partition coefficient (Wildman–Crippen LogP) is 4.10. The molecule has 1 amide bonds. The number of methoxy groups -OCH3 is 1. The zero-order valence-electron chi connectivity index (χ0n) is 15.1. The van der Waals surface area contributed by atoms with Gasteiger partial charge in [-0.3, -0.25) is 14.9 Å². The first-order valence-corrected chi connectivity index (χ1v) is 8.89. The molecule has 0 saturated heterocycles. The van der Waals surface area contributed by atoms with Gasteiger partial charge in [0.25, 0.3) is 11.6 Å². The summed E-state index contributed by atoms with van der Waals surface area (Å²) in [6.45, 7) is 0.262. The van der Waals surface area contributed by atoms with Gasteiger partial charge < -0.3 is 15.0 Å². The van der Waals surface area contributed by atoms with Gasteiger partial charge in [0.1, 0.15) is 11.4 Å². The monoisotopic (exact) mass is 389 g/mol. The van der Waals surface area contributed by atoms with E-state index in [1.54, 1.807) is 44.5 Å². The van der Waals surface area contributed by atoms with E-state index in [2.05, 4.69) is 5.32 Å². The van der Waals surface area contributed by atoms with Crippen LogP contribution in [0.1, 0.15) is 28.8 Å². The van der Waals surface area contributed by atoms with E-state index in [0.717, 1.165) is 18.4 Å². The summed E-state index contributed by atoms with van der Waals surface area (Å²) in [4.78, 5) is 25.2. The highest BCUT2D eigenvalue weighted by Gasteiger charge is 2.26. The minimum atomic E-state index is -0.471. The van der Waals surface area contributed by atoms with Crippen LogP contribution in [0.3, 0.4) is 0 Å². The molecule has 2 aromatic rings. The highest BCUT2D eigenvalue weighted by Crippen LogP contribution is 2.32. The molecule has 0 heterocycles. The summed E-state index contributed by atoms with van der Waals surface area (Å²) in [6.07, 6.45) is 2.00. The molecule has 0 spiro atoms. The second-order valence-electron chi connectivity index (χ2n) is 6.53. The standard InChI is InChI=1S/C19H20ClN3O4/c1-22(11-13-9-14(20)4-8-18(13)27-2)19(24)12-3-7-16(21-15-5-6-15)17(10-12)23(25)26/h3-4,7-10,15,21H,5-6,11H2,1-2H3. The van der Waals surface area contributed by atoms with E-state index in [1.165, 1.54) is 11.0 Å². The Morgan fingerprint density at radius 3 is 2.70 bits per heavy atom. The Morgan fingerprint density at radius 1 is 1.33 bits per heavy atom. The van der Waals surface area contributed by atoms with Gasteiger partial charge in [0.2, 0.25) is 0 Å². The maximum absolute atomic E-state index is 12.8. The average molecular weight is 390 g/mol. The molecule has 1 fully saturated rings. The van der Waals surface area contributed by atoms with Crippen LogP contribution in [-0.4, -0.2) is 35.9 Å². The first-order chi connectivity index (χ1) is 12.9. The topological polar surface area (TPSA) is 84.7 Å². The summed E-state index contributed by atoms with van der Waals surface area (Å²) in [6, 6.07) is 9.97. The zero-order chi connectivity index (χ0) is 19.6. The van der Waals surface area contributed by atoms with Crippen LogP contribution in [0.5, 0.6) is 5.75 Å². The maximum atomic E-state index is 12.8. The Bertz CT molecular complexity index is 883. The van der Waals surface area contributed by atoms with E-state index in [0.29, 0.717) is 16.5 Å². The van der Waals surface area contributed by atoms with Gasteiger partial charge >= 0.3 is 0 Å². The summed E-state index contributed by atoms with van der Waals surface area (Å²) in [5.41, 5.74) is 1.36. The SMILES string of the molecule is COc1ccc(Cl)cc1CN(C)C(=O)c1ccc(NC2CC2)c([N+](=O)[O-])c1. The number of nitro benzene ring substituents is 1. The van der Waals surface area contributed by atoms with Gasteiger partial charge in [-0.2, -0.15) is 0 Å². The number of carbonyl (C=O) groups is 1. The average Bonchev–Trinajstić information content (AvgIpc) is 3.45. The van der Waals surface area contributed by atoms with Crippen molar-refractivity contribution < 1.29 is 14.5 Å². The first kappa shape index (κ1) is 19.0. The molecule has 3 rings (SSSR count). The van der Waals surface area contributed by atoms with Crippen LogP contribution in [0.2, 0.25) is 5.02 Å². The Balaban J connectivity index is 1.81. The lowest BCUT2D eigenvalue weighted by Gasteiger charge is -2.19. The molecule has 1 N–H and O–H groups in total. The molecular weight excluding hydrogens is 370 g/mol. The lowest BCUT2D eigenvalue weighted by molar-refractivity contribution is -0.384. The number of carbonyl (C=O) groups excluding carboxylic acids is 1. The van der Waals surface area contributed by atoms with E-state index in [9.17, 15) is 14.9 Å². The highest BCUT2D eigenvalue weighted by molar-refractivity contribution is 6.30. The number of benzene rings is 2.